The molecule has 0 aromatic heterocycles. The molecule has 23 heavy (non-hydrogen) atoms. The lowest BCUT2D eigenvalue weighted by molar-refractivity contribution is 0.0802. The van der Waals surface area contributed by atoms with Crippen LogP contribution in [-0.4, -0.2) is 44.3 Å². The summed E-state index contributed by atoms with van der Waals surface area (Å²) in [5, 5.41) is -0.658. The molecule has 4 nitrogen and oxygen atoms in total. The fourth-order valence-corrected chi connectivity index (χ4v) is 14.0. The van der Waals surface area contributed by atoms with E-state index >= 15 is 0 Å². The van der Waals surface area contributed by atoms with E-state index < -0.39 is 39.1 Å². The fraction of sp³-hybridized carbons (Fsp3) is 1.00. The van der Waals surface area contributed by atoms with Crippen LogP contribution in [0.25, 0.3) is 0 Å². The molecule has 0 aliphatic rings. The second-order valence-corrected chi connectivity index (χ2v) is 23.8. The van der Waals surface area contributed by atoms with E-state index in [1.54, 1.807) is 6.55 Å². The first-order valence-electron chi connectivity index (χ1n) is 8.49. The van der Waals surface area contributed by atoms with Crippen molar-refractivity contribution >= 4 is 33.9 Å². The SMILES string of the molecule is CCC(C)(O[Si](C)(C)C)[Si](C)(C)OC(C)(C)[Si](C)(C)O[Si](C)=O. The van der Waals surface area contributed by atoms with Gasteiger partial charge in [-0.25, -0.2) is 0 Å². The van der Waals surface area contributed by atoms with Crippen LogP contribution < -0.4 is 0 Å². The normalized spacial score (nSPS) is 16.9. The molecule has 1 atom stereocenters. The van der Waals surface area contributed by atoms with Crippen LogP contribution >= 0.6 is 0 Å². The van der Waals surface area contributed by atoms with Gasteiger partial charge in [-0.2, -0.15) is 0 Å². The highest BCUT2D eigenvalue weighted by molar-refractivity contribution is 6.81. The van der Waals surface area contributed by atoms with Gasteiger partial charge in [-0.3, -0.25) is 0 Å². The monoisotopic (exact) mass is 394 g/mol. The Bertz CT molecular complexity index is 430. The van der Waals surface area contributed by atoms with E-state index in [4.69, 9.17) is 13.0 Å². The lowest BCUT2D eigenvalue weighted by atomic mass is 10.3. The molecule has 0 radical (unpaired) electrons. The Balaban J connectivity index is 5.54. The number of hydrogen-bond donors (Lipinski definition) is 0. The Kier molecular flexibility index (Phi) is 7.45. The second kappa shape index (κ2) is 7.33. The largest absolute Gasteiger partial charge is 0.577 e. The lowest BCUT2D eigenvalue weighted by Gasteiger charge is -2.51. The summed E-state index contributed by atoms with van der Waals surface area (Å²) < 4.78 is 30.8. The number of hydrogen-bond acceptors (Lipinski definition) is 4. The van der Waals surface area contributed by atoms with E-state index in [2.05, 4.69) is 73.5 Å². The lowest BCUT2D eigenvalue weighted by Crippen LogP contribution is -2.66. The molecule has 0 saturated heterocycles. The van der Waals surface area contributed by atoms with Gasteiger partial charge in [0.05, 0.1) is 10.4 Å². The molecule has 0 aromatic carbocycles. The average Bonchev–Trinajstić information content (AvgIpc) is 2.22. The molecule has 138 valence electrons. The molecule has 0 saturated carbocycles. The standard InChI is InChI=1S/C15H38O4Si4/c1-13-15(4,18-21(6,7)8)23(11,12)17-14(2,3)22(9,10)19-20(5)16/h13H2,1-12H3. The van der Waals surface area contributed by atoms with Gasteiger partial charge in [0.15, 0.2) is 8.32 Å². The molecular weight excluding hydrogens is 357 g/mol. The van der Waals surface area contributed by atoms with Crippen LogP contribution in [-0.2, 0) is 17.4 Å². The molecule has 0 aliphatic heterocycles. The third-order valence-corrected chi connectivity index (χ3v) is 16.5. The Morgan fingerprint density at radius 1 is 0.870 bits per heavy atom. The molecule has 0 spiro atoms. The summed E-state index contributed by atoms with van der Waals surface area (Å²) >= 11 is 0. The second-order valence-electron chi connectivity index (χ2n) is 9.03. The van der Waals surface area contributed by atoms with Crippen LogP contribution in [0.15, 0.2) is 0 Å². The maximum atomic E-state index is 11.6. The Labute approximate surface area is 148 Å². The zero-order valence-electron chi connectivity index (χ0n) is 17.3. The Morgan fingerprint density at radius 3 is 1.61 bits per heavy atom. The molecule has 8 heteroatoms. The molecule has 0 bridgehead atoms. The maximum Gasteiger partial charge on any atom is 0.484 e. The minimum atomic E-state index is -2.25. The van der Waals surface area contributed by atoms with E-state index in [0.29, 0.717) is 0 Å². The molecule has 0 amide bonds. The Hall–Kier alpha value is 0.388. The van der Waals surface area contributed by atoms with Crippen LogP contribution in [0.3, 0.4) is 0 Å². The van der Waals surface area contributed by atoms with Gasteiger partial charge in [0.2, 0.25) is 8.32 Å². The first kappa shape index (κ1) is 23.4. The van der Waals surface area contributed by atoms with E-state index in [0.717, 1.165) is 6.42 Å². The van der Waals surface area contributed by atoms with Gasteiger partial charge in [0, 0.05) is 6.55 Å². The first-order valence-corrected chi connectivity index (χ1v) is 19.5. The zero-order valence-corrected chi connectivity index (χ0v) is 21.3. The minimum Gasteiger partial charge on any atom is -0.577 e. The van der Waals surface area contributed by atoms with Crippen LogP contribution in [0.2, 0.25) is 52.4 Å². The van der Waals surface area contributed by atoms with Gasteiger partial charge >= 0.3 is 8.93 Å². The highest BCUT2D eigenvalue weighted by Crippen LogP contribution is 2.37. The van der Waals surface area contributed by atoms with Crippen LogP contribution in [0.4, 0.5) is 0 Å². The van der Waals surface area contributed by atoms with Gasteiger partial charge in [0.25, 0.3) is 8.32 Å². The molecule has 0 heterocycles. The van der Waals surface area contributed by atoms with Crippen molar-refractivity contribution in [1.82, 2.24) is 0 Å². The van der Waals surface area contributed by atoms with E-state index in [9.17, 15) is 4.46 Å². The summed E-state index contributed by atoms with van der Waals surface area (Å²) in [6.07, 6.45) is 0.930. The van der Waals surface area contributed by atoms with Crippen LogP contribution in [0.1, 0.15) is 34.1 Å². The predicted octanol–water partition coefficient (Wildman–Crippen LogP) is 4.86. The smallest absolute Gasteiger partial charge is 0.484 e. The maximum absolute atomic E-state index is 11.6. The average molecular weight is 395 g/mol. The highest BCUT2D eigenvalue weighted by Gasteiger charge is 2.54. The zero-order chi connectivity index (χ0) is 18.9. The van der Waals surface area contributed by atoms with Crippen molar-refractivity contribution in [3.05, 3.63) is 0 Å². The van der Waals surface area contributed by atoms with Gasteiger partial charge in [-0.05, 0) is 73.0 Å². The van der Waals surface area contributed by atoms with Gasteiger partial charge < -0.3 is 17.4 Å². The van der Waals surface area contributed by atoms with E-state index in [1.807, 2.05) is 0 Å². The molecule has 0 fully saturated rings. The summed E-state index contributed by atoms with van der Waals surface area (Å²) in [7, 11) is -8.10. The summed E-state index contributed by atoms with van der Waals surface area (Å²) in [5.41, 5.74) is 0. The third-order valence-electron chi connectivity index (χ3n) is 4.84. The van der Waals surface area contributed by atoms with Crippen molar-refractivity contribution < 1.29 is 17.4 Å². The number of rotatable bonds is 9. The van der Waals surface area contributed by atoms with E-state index in [-0.39, 0.29) is 5.22 Å². The third kappa shape index (κ3) is 6.31. The minimum absolute atomic E-state index is 0.239. The molecule has 0 rings (SSSR count). The Morgan fingerprint density at radius 2 is 1.30 bits per heavy atom. The fourth-order valence-electron chi connectivity index (χ4n) is 2.65. The van der Waals surface area contributed by atoms with Crippen molar-refractivity contribution in [2.45, 2.75) is 96.9 Å². The summed E-state index contributed by atoms with van der Waals surface area (Å²) in [4.78, 5) is 0. The molecule has 0 aliphatic carbocycles. The van der Waals surface area contributed by atoms with E-state index in [1.165, 1.54) is 0 Å². The van der Waals surface area contributed by atoms with Gasteiger partial charge in [0.1, 0.15) is 0 Å². The van der Waals surface area contributed by atoms with Crippen molar-refractivity contribution in [2.75, 3.05) is 0 Å². The van der Waals surface area contributed by atoms with Crippen molar-refractivity contribution in [3.8, 4) is 0 Å². The van der Waals surface area contributed by atoms with Gasteiger partial charge in [-0.1, -0.05) is 6.92 Å². The van der Waals surface area contributed by atoms with Gasteiger partial charge in [-0.15, -0.1) is 0 Å². The quantitative estimate of drug-likeness (QED) is 0.524. The summed E-state index contributed by atoms with van der Waals surface area (Å²) in [6, 6.07) is 0. The summed E-state index contributed by atoms with van der Waals surface area (Å²) in [5.74, 6) is 0. The van der Waals surface area contributed by atoms with Crippen LogP contribution in [0, 0.1) is 0 Å². The highest BCUT2D eigenvalue weighted by atomic mass is 28.4. The first-order chi connectivity index (χ1) is 9.89. The molecule has 0 N–H and O–H groups in total. The van der Waals surface area contributed by atoms with Crippen molar-refractivity contribution in [3.63, 3.8) is 0 Å². The van der Waals surface area contributed by atoms with Crippen molar-refractivity contribution in [1.29, 1.82) is 0 Å². The van der Waals surface area contributed by atoms with Crippen molar-refractivity contribution in [2.24, 2.45) is 0 Å². The topological polar surface area (TPSA) is 44.8 Å². The molecule has 0 aromatic rings. The van der Waals surface area contributed by atoms with Crippen LogP contribution in [0.5, 0.6) is 0 Å². The summed E-state index contributed by atoms with van der Waals surface area (Å²) in [6.45, 7) is 25.5. The molecular formula is C15H38O4Si4. The molecule has 1 unspecified atom stereocenters. The predicted molar refractivity (Wildman–Crippen MR) is 107 cm³/mol.